The Hall–Kier alpha value is -6.70. The smallest absolute Gasteiger partial charge is 0.343 e. The molecule has 0 radical (unpaired) electrons. The number of rotatable bonds is 25. The number of hydrogen-bond donors (Lipinski definition) is 2. The summed E-state index contributed by atoms with van der Waals surface area (Å²) in [6.07, 6.45) is 4.05. The van der Waals surface area contributed by atoms with E-state index < -0.39 is 59.9 Å². The minimum absolute atomic E-state index is 0.0916. The highest BCUT2D eigenvalue weighted by Crippen LogP contribution is 2.32. The van der Waals surface area contributed by atoms with Crippen LogP contribution in [-0.2, 0) is 19.1 Å². The number of carbonyl (C=O) groups is 6. The molecule has 0 heterocycles. The summed E-state index contributed by atoms with van der Waals surface area (Å²) >= 11 is 0. The van der Waals surface area contributed by atoms with Crippen molar-refractivity contribution in [3.63, 3.8) is 0 Å². The van der Waals surface area contributed by atoms with Gasteiger partial charge in [0.05, 0.1) is 41.9 Å². The molecule has 0 bridgehead atoms. The fraction of sp³-hybridized carbons (Fsp3) is 0.375. The van der Waals surface area contributed by atoms with Crippen LogP contribution in [0, 0.1) is 5.41 Å². The zero-order valence-corrected chi connectivity index (χ0v) is 35.5. The summed E-state index contributed by atoms with van der Waals surface area (Å²) in [5.74, 6) is -4.94. The molecule has 0 aromatic heterocycles. The predicted octanol–water partition coefficient (Wildman–Crippen LogP) is 9.38. The Bertz CT molecular complexity index is 2090. The molecule has 2 N–H and O–H groups in total. The molecule has 14 nitrogen and oxygen atoms in total. The topological polar surface area (TPSA) is 198 Å². The Morgan fingerprint density at radius 3 is 1.19 bits per heavy atom. The van der Waals surface area contributed by atoms with E-state index >= 15 is 0 Å². The summed E-state index contributed by atoms with van der Waals surface area (Å²) in [6, 6.07) is 23.4. The van der Waals surface area contributed by atoms with E-state index in [0.717, 1.165) is 51.4 Å². The lowest BCUT2D eigenvalue weighted by molar-refractivity contribution is -0.163. The summed E-state index contributed by atoms with van der Waals surface area (Å²) in [5, 5.41) is 19.8. The van der Waals surface area contributed by atoms with Crippen LogP contribution in [0.25, 0.3) is 0 Å². The van der Waals surface area contributed by atoms with Gasteiger partial charge >= 0.3 is 35.8 Å². The van der Waals surface area contributed by atoms with Crippen molar-refractivity contribution in [2.75, 3.05) is 13.2 Å². The average Bonchev–Trinajstić information content (AvgIpc) is 3.25. The molecule has 4 rings (SSSR count). The van der Waals surface area contributed by atoms with E-state index in [1.54, 1.807) is 48.5 Å². The quantitative estimate of drug-likeness (QED) is 0.0363. The molecule has 0 saturated heterocycles. The standard InChI is InChI=1S/C48H54O14/c1-5-7-9-11-29-57-36-21-13-32(14-22-36)43(51)59-38-25-17-34(18-26-38)45(53)61-40(31-41(49)50)42(48(3,4)47(55)56)62-46(54)35-19-27-39(28-20-35)60-44(52)33-15-23-37(24-16-33)58-30-12-10-8-6-2/h13-28,40,42H,5-12,29-31H2,1-4H3,(H,49,50)(H,55,56). The van der Waals surface area contributed by atoms with Crippen LogP contribution in [0.4, 0.5) is 0 Å². The van der Waals surface area contributed by atoms with Gasteiger partial charge in [-0.1, -0.05) is 52.4 Å². The maximum Gasteiger partial charge on any atom is 0.343 e. The second-order valence-electron chi connectivity index (χ2n) is 15.1. The van der Waals surface area contributed by atoms with Crippen LogP contribution in [0.15, 0.2) is 97.1 Å². The summed E-state index contributed by atoms with van der Waals surface area (Å²) in [5.41, 5.74) is -1.62. The molecular weight excluding hydrogens is 801 g/mol. The SMILES string of the molecule is CCCCCCOc1ccc(C(=O)Oc2ccc(C(=O)OC(CC(=O)O)C(OC(=O)c3ccc(OC(=O)c4ccc(OCCCCCC)cc4)cc3)C(C)(C)C(=O)O)cc2)cc1. The van der Waals surface area contributed by atoms with Gasteiger partial charge in [-0.3, -0.25) is 9.59 Å². The highest BCUT2D eigenvalue weighted by atomic mass is 16.6. The zero-order chi connectivity index (χ0) is 45.1. The first-order chi connectivity index (χ1) is 29.7. The van der Waals surface area contributed by atoms with Crippen molar-refractivity contribution >= 4 is 35.8 Å². The monoisotopic (exact) mass is 854 g/mol. The Morgan fingerprint density at radius 2 is 0.839 bits per heavy atom. The van der Waals surface area contributed by atoms with Gasteiger partial charge in [0.1, 0.15) is 28.4 Å². The van der Waals surface area contributed by atoms with E-state index in [1.807, 2.05) is 0 Å². The lowest BCUT2D eigenvalue weighted by Crippen LogP contribution is -2.49. The summed E-state index contributed by atoms with van der Waals surface area (Å²) < 4.78 is 33.5. The van der Waals surface area contributed by atoms with Crippen LogP contribution in [0.3, 0.4) is 0 Å². The van der Waals surface area contributed by atoms with Gasteiger partial charge in [0.2, 0.25) is 0 Å². The van der Waals surface area contributed by atoms with Gasteiger partial charge in [-0.15, -0.1) is 0 Å². The highest BCUT2D eigenvalue weighted by molar-refractivity contribution is 5.93. The lowest BCUT2D eigenvalue weighted by Gasteiger charge is -2.35. The lowest BCUT2D eigenvalue weighted by atomic mass is 9.82. The number of benzene rings is 4. The van der Waals surface area contributed by atoms with Crippen molar-refractivity contribution in [1.29, 1.82) is 0 Å². The number of carboxylic acid groups (broad SMARTS) is 2. The molecule has 14 heteroatoms. The van der Waals surface area contributed by atoms with E-state index in [4.69, 9.17) is 28.4 Å². The number of ether oxygens (including phenoxy) is 6. The molecular formula is C48H54O14. The van der Waals surface area contributed by atoms with Gasteiger partial charge in [-0.25, -0.2) is 19.2 Å². The third-order valence-electron chi connectivity index (χ3n) is 9.78. The van der Waals surface area contributed by atoms with Crippen molar-refractivity contribution < 1.29 is 67.4 Å². The maximum absolute atomic E-state index is 13.4. The Kier molecular flexibility index (Phi) is 18.5. The fourth-order valence-electron chi connectivity index (χ4n) is 6.04. The van der Waals surface area contributed by atoms with Gasteiger partial charge < -0.3 is 38.6 Å². The van der Waals surface area contributed by atoms with Crippen molar-refractivity contribution in [2.45, 2.75) is 97.7 Å². The molecule has 0 aliphatic rings. The molecule has 2 atom stereocenters. The van der Waals surface area contributed by atoms with Crippen LogP contribution < -0.4 is 18.9 Å². The number of carbonyl (C=O) groups excluding carboxylic acids is 4. The van der Waals surface area contributed by atoms with Crippen molar-refractivity contribution in [3.8, 4) is 23.0 Å². The highest BCUT2D eigenvalue weighted by Gasteiger charge is 2.47. The van der Waals surface area contributed by atoms with Gasteiger partial charge in [0.25, 0.3) is 0 Å². The molecule has 2 unspecified atom stereocenters. The van der Waals surface area contributed by atoms with E-state index in [9.17, 15) is 39.0 Å². The number of esters is 4. The number of aliphatic carboxylic acids is 2. The Labute approximate surface area is 361 Å². The molecule has 0 spiro atoms. The summed E-state index contributed by atoms with van der Waals surface area (Å²) in [6.45, 7) is 7.80. The molecule has 0 amide bonds. The van der Waals surface area contributed by atoms with Crippen LogP contribution >= 0.6 is 0 Å². The molecule has 4 aromatic carbocycles. The normalized spacial score (nSPS) is 12.0. The first-order valence-corrected chi connectivity index (χ1v) is 20.7. The van der Waals surface area contributed by atoms with Crippen molar-refractivity contribution in [1.82, 2.24) is 0 Å². The summed E-state index contributed by atoms with van der Waals surface area (Å²) in [4.78, 5) is 76.8. The maximum atomic E-state index is 13.4. The van der Waals surface area contributed by atoms with Crippen LogP contribution in [0.1, 0.15) is 127 Å². The fourth-order valence-corrected chi connectivity index (χ4v) is 6.04. The number of carboxylic acids is 2. The zero-order valence-electron chi connectivity index (χ0n) is 35.5. The molecule has 0 fully saturated rings. The predicted molar refractivity (Wildman–Crippen MR) is 227 cm³/mol. The molecule has 4 aromatic rings. The first kappa shape index (κ1) is 48.0. The number of unbranched alkanes of at least 4 members (excludes halogenated alkanes) is 6. The largest absolute Gasteiger partial charge is 0.494 e. The van der Waals surface area contributed by atoms with Gasteiger partial charge in [-0.05, 0) is 124 Å². The first-order valence-electron chi connectivity index (χ1n) is 20.7. The molecule has 0 aliphatic carbocycles. The number of hydrogen-bond acceptors (Lipinski definition) is 12. The van der Waals surface area contributed by atoms with Crippen LogP contribution in [-0.4, -0.2) is 71.5 Å². The Balaban J connectivity index is 1.39. The van der Waals surface area contributed by atoms with Crippen molar-refractivity contribution in [2.24, 2.45) is 5.41 Å². The molecule has 0 aliphatic heterocycles. The second kappa shape index (κ2) is 23.9. The van der Waals surface area contributed by atoms with E-state index in [0.29, 0.717) is 24.7 Å². The van der Waals surface area contributed by atoms with E-state index in [1.165, 1.54) is 62.4 Å². The third-order valence-corrected chi connectivity index (χ3v) is 9.78. The van der Waals surface area contributed by atoms with E-state index in [-0.39, 0.29) is 33.8 Å². The van der Waals surface area contributed by atoms with Crippen LogP contribution in [0.2, 0.25) is 0 Å². The molecule has 0 saturated carbocycles. The molecule has 62 heavy (non-hydrogen) atoms. The van der Waals surface area contributed by atoms with Gasteiger partial charge in [0.15, 0.2) is 12.2 Å². The van der Waals surface area contributed by atoms with Crippen molar-refractivity contribution in [3.05, 3.63) is 119 Å². The van der Waals surface area contributed by atoms with Gasteiger partial charge in [0, 0.05) is 0 Å². The average molecular weight is 855 g/mol. The third kappa shape index (κ3) is 14.8. The van der Waals surface area contributed by atoms with Crippen LogP contribution in [0.5, 0.6) is 23.0 Å². The molecule has 330 valence electrons. The summed E-state index contributed by atoms with van der Waals surface area (Å²) in [7, 11) is 0. The second-order valence-corrected chi connectivity index (χ2v) is 15.1. The van der Waals surface area contributed by atoms with Gasteiger partial charge in [-0.2, -0.15) is 0 Å². The Morgan fingerprint density at radius 1 is 0.484 bits per heavy atom. The minimum atomic E-state index is -1.96. The minimum Gasteiger partial charge on any atom is -0.494 e. The van der Waals surface area contributed by atoms with E-state index in [2.05, 4.69) is 13.8 Å².